The van der Waals surface area contributed by atoms with Crippen LogP contribution < -0.4 is 10.6 Å². The van der Waals surface area contributed by atoms with Gasteiger partial charge in [-0.1, -0.05) is 0 Å². The van der Waals surface area contributed by atoms with Crippen molar-refractivity contribution in [2.24, 2.45) is 0 Å². The number of alkyl carbamates (subject to hydrolysis) is 1. The van der Waals surface area contributed by atoms with Crippen LogP contribution in [0, 0.1) is 6.92 Å². The number of hydrogen-bond donors (Lipinski definition) is 2. The average molecular weight is 414 g/mol. The summed E-state index contributed by atoms with van der Waals surface area (Å²) in [6.07, 6.45) is 1.54. The molecule has 0 bridgehead atoms. The van der Waals surface area contributed by atoms with Crippen molar-refractivity contribution in [3.05, 3.63) is 54.0 Å². The highest BCUT2D eigenvalue weighted by Crippen LogP contribution is 2.26. The van der Waals surface area contributed by atoms with Crippen LogP contribution in [0.25, 0.3) is 11.3 Å². The smallest absolute Gasteiger partial charge is 0.407 e. The summed E-state index contributed by atoms with van der Waals surface area (Å²) in [4.78, 5) is 19.9. The van der Waals surface area contributed by atoms with Gasteiger partial charge in [-0.2, -0.15) is 5.10 Å². The molecule has 30 heavy (non-hydrogen) atoms. The number of ether oxygens (including phenoxy) is 1. The third kappa shape index (κ3) is 4.22. The van der Waals surface area contributed by atoms with Crippen LogP contribution in [0.4, 0.5) is 25.2 Å². The van der Waals surface area contributed by atoms with E-state index in [-0.39, 0.29) is 23.5 Å². The Kier molecular flexibility index (Phi) is 5.30. The molecule has 8 nitrogen and oxygen atoms in total. The van der Waals surface area contributed by atoms with Crippen molar-refractivity contribution >= 4 is 17.7 Å². The van der Waals surface area contributed by atoms with E-state index in [0.717, 1.165) is 11.1 Å². The fourth-order valence-electron chi connectivity index (χ4n) is 3.20. The van der Waals surface area contributed by atoms with Crippen LogP contribution in [0.2, 0.25) is 0 Å². The summed E-state index contributed by atoms with van der Waals surface area (Å²) in [5, 5.41) is 9.99. The lowest BCUT2D eigenvalue weighted by atomic mass is 10.1. The Morgan fingerprint density at radius 1 is 1.30 bits per heavy atom. The third-order valence-corrected chi connectivity index (χ3v) is 4.82. The van der Waals surface area contributed by atoms with Gasteiger partial charge < -0.3 is 15.4 Å². The summed E-state index contributed by atoms with van der Waals surface area (Å²) in [7, 11) is 0. The molecule has 2 atom stereocenters. The summed E-state index contributed by atoms with van der Waals surface area (Å²) < 4.78 is 32.8. The molecule has 4 heterocycles. The standard InChI is InChI=1S/C20H20F2N6O2/c1-11-5-15(14-8-25-28(10-14)12(2)16-9-24-20(29)30-16)26-18(6-11)27-17-7-13(19(21)22)3-4-23-17/h3-8,10,12,16,19H,9H2,1-2H3,(H,24,29)(H,23,26,27). The molecule has 0 aromatic carbocycles. The van der Waals surface area contributed by atoms with Gasteiger partial charge in [0.1, 0.15) is 17.7 Å². The van der Waals surface area contributed by atoms with Gasteiger partial charge in [-0.05, 0) is 43.7 Å². The Bertz CT molecular complexity index is 1070. The maximum atomic E-state index is 12.9. The zero-order valence-electron chi connectivity index (χ0n) is 16.3. The highest BCUT2D eigenvalue weighted by Gasteiger charge is 2.29. The van der Waals surface area contributed by atoms with Gasteiger partial charge in [-0.25, -0.2) is 23.5 Å². The van der Waals surface area contributed by atoms with E-state index in [1.54, 1.807) is 16.9 Å². The summed E-state index contributed by atoms with van der Waals surface area (Å²) in [6.45, 7) is 4.26. The van der Waals surface area contributed by atoms with Crippen LogP contribution in [0.5, 0.6) is 0 Å². The molecule has 0 aliphatic carbocycles. The predicted molar refractivity (Wildman–Crippen MR) is 106 cm³/mol. The second-order valence-electron chi connectivity index (χ2n) is 7.09. The van der Waals surface area contributed by atoms with Crippen molar-refractivity contribution in [3.63, 3.8) is 0 Å². The molecule has 2 unspecified atom stereocenters. The highest BCUT2D eigenvalue weighted by atomic mass is 19.3. The number of amides is 1. The normalized spacial score (nSPS) is 17.0. The topological polar surface area (TPSA) is 94.0 Å². The van der Waals surface area contributed by atoms with Gasteiger partial charge in [0.05, 0.1) is 24.5 Å². The number of nitrogens with zero attached hydrogens (tertiary/aromatic N) is 4. The molecule has 1 saturated heterocycles. The van der Waals surface area contributed by atoms with E-state index in [0.29, 0.717) is 18.1 Å². The average Bonchev–Trinajstić information content (AvgIpc) is 3.36. The third-order valence-electron chi connectivity index (χ3n) is 4.82. The number of halogens is 2. The zero-order chi connectivity index (χ0) is 21.3. The van der Waals surface area contributed by atoms with Crippen molar-refractivity contribution < 1.29 is 18.3 Å². The molecule has 1 aliphatic rings. The molecular weight excluding hydrogens is 394 g/mol. The number of carbonyl (C=O) groups is 1. The van der Waals surface area contributed by atoms with Crippen LogP contribution in [0.15, 0.2) is 42.9 Å². The molecule has 0 spiro atoms. The van der Waals surface area contributed by atoms with Crippen molar-refractivity contribution in [3.8, 4) is 11.3 Å². The fourth-order valence-corrected chi connectivity index (χ4v) is 3.20. The number of alkyl halides is 2. The lowest BCUT2D eigenvalue weighted by Gasteiger charge is -2.17. The number of nitrogens with one attached hydrogen (secondary N) is 2. The number of carbonyl (C=O) groups excluding carboxylic acids is 1. The van der Waals surface area contributed by atoms with Crippen LogP contribution in [0.1, 0.15) is 30.5 Å². The van der Waals surface area contributed by atoms with Crippen LogP contribution in [-0.2, 0) is 4.74 Å². The maximum absolute atomic E-state index is 12.9. The van der Waals surface area contributed by atoms with Crippen LogP contribution in [-0.4, -0.2) is 38.5 Å². The van der Waals surface area contributed by atoms with Gasteiger partial charge in [0.2, 0.25) is 0 Å². The van der Waals surface area contributed by atoms with E-state index in [1.165, 1.54) is 18.3 Å². The number of hydrogen-bond acceptors (Lipinski definition) is 6. The SMILES string of the molecule is Cc1cc(Nc2cc(C(F)F)ccn2)nc(-c2cnn(C(C)C3CNC(=O)O3)c2)c1. The molecular formula is C20H20F2N6O2. The molecule has 10 heteroatoms. The monoisotopic (exact) mass is 414 g/mol. The molecule has 0 radical (unpaired) electrons. The Balaban J connectivity index is 1.56. The minimum atomic E-state index is -2.57. The maximum Gasteiger partial charge on any atom is 0.407 e. The van der Waals surface area contributed by atoms with E-state index >= 15 is 0 Å². The van der Waals surface area contributed by atoms with Crippen molar-refractivity contribution in [2.75, 3.05) is 11.9 Å². The molecule has 2 N–H and O–H groups in total. The Morgan fingerprint density at radius 2 is 2.13 bits per heavy atom. The van der Waals surface area contributed by atoms with Crippen LogP contribution >= 0.6 is 0 Å². The molecule has 4 rings (SSSR count). The largest absolute Gasteiger partial charge is 0.442 e. The van der Waals surface area contributed by atoms with Crippen molar-refractivity contribution in [2.45, 2.75) is 32.4 Å². The Hall–Kier alpha value is -3.56. The van der Waals surface area contributed by atoms with E-state index in [1.807, 2.05) is 26.1 Å². The van der Waals surface area contributed by atoms with E-state index in [9.17, 15) is 13.6 Å². The van der Waals surface area contributed by atoms with Crippen molar-refractivity contribution in [1.82, 2.24) is 25.1 Å². The first kappa shape index (κ1) is 19.7. The molecule has 1 aliphatic heterocycles. The quantitative estimate of drug-likeness (QED) is 0.633. The van der Waals surface area contributed by atoms with Gasteiger partial charge >= 0.3 is 6.09 Å². The lowest BCUT2D eigenvalue weighted by molar-refractivity contribution is 0.109. The summed E-state index contributed by atoms with van der Waals surface area (Å²) in [5.41, 5.74) is 2.27. The van der Waals surface area contributed by atoms with Gasteiger partial charge in [0.25, 0.3) is 6.43 Å². The van der Waals surface area contributed by atoms with E-state index < -0.39 is 12.5 Å². The number of rotatable bonds is 6. The summed E-state index contributed by atoms with van der Waals surface area (Å²) in [5.74, 6) is 0.773. The summed E-state index contributed by atoms with van der Waals surface area (Å²) >= 11 is 0. The first-order chi connectivity index (χ1) is 14.4. The second kappa shape index (κ2) is 8.05. The second-order valence-corrected chi connectivity index (χ2v) is 7.09. The minimum absolute atomic E-state index is 0.113. The Morgan fingerprint density at radius 3 is 2.87 bits per heavy atom. The van der Waals surface area contributed by atoms with E-state index in [2.05, 4.69) is 25.7 Å². The summed E-state index contributed by atoms with van der Waals surface area (Å²) in [6, 6.07) is 6.12. The Labute approximate surface area is 171 Å². The molecule has 156 valence electrons. The van der Waals surface area contributed by atoms with Crippen LogP contribution in [0.3, 0.4) is 0 Å². The van der Waals surface area contributed by atoms with E-state index in [4.69, 9.17) is 4.74 Å². The number of aromatic nitrogens is 4. The van der Waals surface area contributed by atoms with Crippen molar-refractivity contribution in [1.29, 1.82) is 0 Å². The zero-order valence-corrected chi connectivity index (χ0v) is 16.3. The molecule has 3 aromatic heterocycles. The molecule has 3 aromatic rings. The fraction of sp³-hybridized carbons (Fsp3) is 0.300. The lowest BCUT2D eigenvalue weighted by Crippen LogP contribution is -2.25. The number of pyridine rings is 2. The molecule has 0 saturated carbocycles. The van der Waals surface area contributed by atoms with Gasteiger partial charge in [0.15, 0.2) is 0 Å². The molecule has 1 fully saturated rings. The first-order valence-corrected chi connectivity index (χ1v) is 9.38. The highest BCUT2D eigenvalue weighted by molar-refractivity contribution is 5.69. The minimum Gasteiger partial charge on any atom is -0.442 e. The number of anilines is 2. The molecule has 1 amide bonds. The van der Waals surface area contributed by atoms with Gasteiger partial charge in [-0.3, -0.25) is 4.68 Å². The van der Waals surface area contributed by atoms with Gasteiger partial charge in [0, 0.05) is 23.5 Å². The predicted octanol–water partition coefficient (Wildman–Crippen LogP) is 4.00. The number of cyclic esters (lactones) is 1. The first-order valence-electron chi connectivity index (χ1n) is 9.38. The number of aryl methyl sites for hydroxylation is 1. The van der Waals surface area contributed by atoms with Gasteiger partial charge in [-0.15, -0.1) is 0 Å².